The van der Waals surface area contributed by atoms with E-state index in [4.69, 9.17) is 28.0 Å². The van der Waals surface area contributed by atoms with Gasteiger partial charge in [0.05, 0.1) is 23.9 Å². The third-order valence-electron chi connectivity index (χ3n) is 2.98. The molecule has 0 heterocycles. The summed E-state index contributed by atoms with van der Waals surface area (Å²) in [5.74, 6) is -0.727. The van der Waals surface area contributed by atoms with E-state index in [9.17, 15) is 18.3 Å². The van der Waals surface area contributed by atoms with Crippen molar-refractivity contribution in [3.8, 4) is 0 Å². The Morgan fingerprint density at radius 1 is 1.40 bits per heavy atom. The number of oxime groups is 1. The highest BCUT2D eigenvalue weighted by Crippen LogP contribution is 2.21. The van der Waals surface area contributed by atoms with Gasteiger partial charge in [-0.25, -0.2) is 13.1 Å². The molecule has 3 N–H and O–H groups in total. The van der Waals surface area contributed by atoms with E-state index in [0.29, 0.717) is 21.3 Å². The van der Waals surface area contributed by atoms with Gasteiger partial charge in [0, 0.05) is 10.6 Å². The molecule has 2 atom stereocenters. The van der Waals surface area contributed by atoms with Crippen LogP contribution in [0.15, 0.2) is 23.4 Å². The molecule has 1 rings (SSSR count). The van der Waals surface area contributed by atoms with E-state index >= 15 is 0 Å². The zero-order chi connectivity index (χ0) is 19.2. The van der Waals surface area contributed by atoms with Gasteiger partial charge >= 0.3 is 0 Å². The van der Waals surface area contributed by atoms with Crippen molar-refractivity contribution in [2.24, 2.45) is 5.16 Å². The molecule has 25 heavy (non-hydrogen) atoms. The molecular weight excluding hydrogens is 393 g/mol. The Hall–Kier alpha value is -1.39. The van der Waals surface area contributed by atoms with Gasteiger partial charge in [-0.15, -0.1) is 0 Å². The number of aliphatic hydroxyl groups is 1. The second-order valence-corrected chi connectivity index (χ2v) is 7.79. The second kappa shape index (κ2) is 9.35. The number of rotatable bonds is 8. The number of nitrogens with one attached hydrogen (secondary N) is 2. The molecule has 2 unspecified atom stereocenters. The Morgan fingerprint density at radius 3 is 2.52 bits per heavy atom. The lowest BCUT2D eigenvalue weighted by molar-refractivity contribution is -0.124. The summed E-state index contributed by atoms with van der Waals surface area (Å²) in [4.78, 5) is 16.9. The van der Waals surface area contributed by atoms with Gasteiger partial charge in [0.1, 0.15) is 18.9 Å². The van der Waals surface area contributed by atoms with Crippen molar-refractivity contribution < 1.29 is 23.2 Å². The Balaban J connectivity index is 2.93. The quantitative estimate of drug-likeness (QED) is 0.431. The highest BCUT2D eigenvalue weighted by molar-refractivity contribution is 7.88. The first-order valence-corrected chi connectivity index (χ1v) is 9.68. The molecule has 0 aliphatic carbocycles. The fourth-order valence-corrected chi connectivity index (χ4v) is 3.18. The van der Waals surface area contributed by atoms with Gasteiger partial charge < -0.3 is 15.3 Å². The summed E-state index contributed by atoms with van der Waals surface area (Å²) in [6, 6.07) is 3.37. The van der Waals surface area contributed by atoms with E-state index in [-0.39, 0.29) is 6.54 Å². The summed E-state index contributed by atoms with van der Waals surface area (Å²) < 4.78 is 24.7. The number of sulfonamides is 1. The van der Waals surface area contributed by atoms with Crippen molar-refractivity contribution in [1.82, 2.24) is 10.0 Å². The Kier molecular flexibility index (Phi) is 8.10. The summed E-state index contributed by atoms with van der Waals surface area (Å²) in [6.45, 7) is 1.19. The highest BCUT2D eigenvalue weighted by Gasteiger charge is 2.27. The Bertz CT molecular complexity index is 753. The summed E-state index contributed by atoms with van der Waals surface area (Å²) in [7, 11) is -2.36. The van der Waals surface area contributed by atoms with Crippen LogP contribution in [0.1, 0.15) is 12.5 Å². The van der Waals surface area contributed by atoms with Gasteiger partial charge in [-0.05, 0) is 25.1 Å². The van der Waals surface area contributed by atoms with E-state index in [0.717, 1.165) is 6.26 Å². The first-order valence-electron chi connectivity index (χ1n) is 7.03. The molecular formula is C14H19Cl2N3O5S. The number of carbonyl (C=O) groups excluding carboxylic acids is 1. The molecule has 0 aromatic heterocycles. The molecule has 1 aromatic carbocycles. The Morgan fingerprint density at radius 2 is 2.04 bits per heavy atom. The van der Waals surface area contributed by atoms with Gasteiger partial charge in [0.2, 0.25) is 15.9 Å². The van der Waals surface area contributed by atoms with E-state index < -0.39 is 28.1 Å². The van der Waals surface area contributed by atoms with E-state index in [2.05, 4.69) is 15.2 Å². The number of halogens is 2. The predicted octanol–water partition coefficient (Wildman–Crippen LogP) is 0.759. The molecule has 0 fully saturated rings. The van der Waals surface area contributed by atoms with Crippen molar-refractivity contribution >= 4 is 44.8 Å². The summed E-state index contributed by atoms with van der Waals surface area (Å²) in [5, 5.41) is 16.7. The number of amides is 1. The van der Waals surface area contributed by atoms with Crippen molar-refractivity contribution in [1.29, 1.82) is 0 Å². The summed E-state index contributed by atoms with van der Waals surface area (Å²) in [5.41, 5.74) is 0.777. The van der Waals surface area contributed by atoms with Crippen LogP contribution in [0.4, 0.5) is 0 Å². The molecule has 1 amide bonds. The molecule has 8 nitrogen and oxygen atoms in total. The van der Waals surface area contributed by atoms with Crippen molar-refractivity contribution in [2.45, 2.75) is 19.1 Å². The maximum Gasteiger partial charge on any atom is 0.241 e. The molecule has 140 valence electrons. The van der Waals surface area contributed by atoms with E-state index in [1.165, 1.54) is 20.1 Å². The molecule has 1 aromatic rings. The molecule has 0 bridgehead atoms. The minimum absolute atomic E-state index is 0.108. The van der Waals surface area contributed by atoms with Crippen LogP contribution >= 0.6 is 23.2 Å². The maximum atomic E-state index is 12.2. The molecule has 0 saturated heterocycles. The van der Waals surface area contributed by atoms with E-state index in [1.54, 1.807) is 12.1 Å². The monoisotopic (exact) mass is 411 g/mol. The van der Waals surface area contributed by atoms with Crippen LogP contribution in [0.25, 0.3) is 0 Å². The van der Waals surface area contributed by atoms with Crippen LogP contribution in [0.5, 0.6) is 0 Å². The molecule has 0 spiro atoms. The fourth-order valence-electron chi connectivity index (χ4n) is 1.89. The van der Waals surface area contributed by atoms with Gasteiger partial charge in [-0.3, -0.25) is 4.79 Å². The lowest BCUT2D eigenvalue weighted by Gasteiger charge is -2.20. The van der Waals surface area contributed by atoms with E-state index in [1.807, 2.05) is 0 Å². The van der Waals surface area contributed by atoms with Gasteiger partial charge in [0.25, 0.3) is 0 Å². The largest absolute Gasteiger partial charge is 0.399 e. The van der Waals surface area contributed by atoms with Crippen LogP contribution in [0.3, 0.4) is 0 Å². The topological polar surface area (TPSA) is 117 Å². The number of hydrogen-bond donors (Lipinski definition) is 3. The number of aliphatic hydroxyl groups excluding tert-OH is 1. The fraction of sp³-hybridized carbons (Fsp3) is 0.429. The van der Waals surface area contributed by atoms with Gasteiger partial charge in [-0.2, -0.15) is 0 Å². The first kappa shape index (κ1) is 21.7. The second-order valence-electron chi connectivity index (χ2n) is 5.17. The molecule has 0 aliphatic rings. The van der Waals surface area contributed by atoms with Gasteiger partial charge in [0.15, 0.2) is 0 Å². The van der Waals surface area contributed by atoms with Crippen molar-refractivity contribution in [2.75, 3.05) is 19.9 Å². The number of nitrogens with zero attached hydrogens (tertiary/aromatic N) is 1. The van der Waals surface area contributed by atoms with Crippen LogP contribution in [0, 0.1) is 0 Å². The average molecular weight is 412 g/mol. The molecule has 11 heteroatoms. The lowest BCUT2D eigenvalue weighted by Crippen LogP contribution is -2.52. The highest BCUT2D eigenvalue weighted by atomic mass is 35.5. The lowest BCUT2D eigenvalue weighted by atomic mass is 10.1. The van der Waals surface area contributed by atoms with Crippen LogP contribution in [-0.2, 0) is 19.7 Å². The minimum atomic E-state index is -3.69. The Labute approximate surface area is 156 Å². The zero-order valence-corrected chi connectivity index (χ0v) is 16.1. The standard InChI is InChI=1S/C14H19Cl2N3O5S/c1-8(20)13(19-25(3,22)23)14(21)17-7-12(18-24-2)10-5-4-9(15)6-11(10)16/h4-6,8,13,19-20H,7H2,1-3H3,(H,17,21). The zero-order valence-electron chi connectivity index (χ0n) is 13.8. The average Bonchev–Trinajstić information content (AvgIpc) is 2.48. The third-order valence-corrected chi connectivity index (χ3v) is 4.21. The number of hydrogen-bond acceptors (Lipinski definition) is 6. The maximum absolute atomic E-state index is 12.2. The summed E-state index contributed by atoms with van der Waals surface area (Å²) >= 11 is 12.0. The van der Waals surface area contributed by atoms with Crippen molar-refractivity contribution in [3.05, 3.63) is 33.8 Å². The first-order chi connectivity index (χ1) is 11.5. The van der Waals surface area contributed by atoms with Gasteiger partial charge in [-0.1, -0.05) is 28.4 Å². The minimum Gasteiger partial charge on any atom is -0.399 e. The normalized spacial score (nSPS) is 14.7. The SMILES string of the molecule is CON=C(CNC(=O)C(NS(C)(=O)=O)C(C)O)c1ccc(Cl)cc1Cl. The van der Waals surface area contributed by atoms with Crippen LogP contribution in [-0.4, -0.2) is 57.2 Å². The third kappa shape index (κ3) is 7.17. The number of benzene rings is 1. The summed E-state index contributed by atoms with van der Waals surface area (Å²) in [6.07, 6.45) is -0.349. The smallest absolute Gasteiger partial charge is 0.241 e. The van der Waals surface area contributed by atoms with Crippen LogP contribution < -0.4 is 10.0 Å². The molecule has 0 saturated carbocycles. The predicted molar refractivity (Wildman–Crippen MR) is 96.5 cm³/mol. The number of carbonyl (C=O) groups is 1. The molecule has 0 radical (unpaired) electrons. The van der Waals surface area contributed by atoms with Crippen LogP contribution in [0.2, 0.25) is 10.0 Å². The van der Waals surface area contributed by atoms with Crippen molar-refractivity contribution in [3.63, 3.8) is 0 Å². The molecule has 0 aliphatic heterocycles.